The van der Waals surface area contributed by atoms with Crippen LogP contribution in [0.1, 0.15) is 28.4 Å². The van der Waals surface area contributed by atoms with Crippen molar-refractivity contribution in [2.75, 3.05) is 309 Å². The largest absolute Gasteiger partial charge is 0.463 e. The molecule has 2 aromatic rings. The fourth-order valence-electron chi connectivity index (χ4n) is 7.63. The summed E-state index contributed by atoms with van der Waals surface area (Å²) >= 11 is 3.02. The number of hydrogen-bond donors (Lipinski definition) is 1. The van der Waals surface area contributed by atoms with E-state index in [0.29, 0.717) is 304 Å². The van der Waals surface area contributed by atoms with E-state index < -0.39 is 12.2 Å². The number of carbonyl (C=O) groups is 2. The van der Waals surface area contributed by atoms with Gasteiger partial charge >= 0.3 is 12.1 Å². The standard InChI is InChI=1S/C65H106BrNO26/c66-58-64(68)92-56-55-91-54-53-90-52-51-89-50-49-88-48-47-87-46-45-86-44-43-85-42-41-84-40-39-83-38-37-82-36-35-81-34-33-80-32-31-79-30-29-78-28-27-77-26-25-76-24-23-75-22-21-74-20-19-73-18-17-72-16-15-71-14-13-70-12-11-67-65(69)93-63-57-61-7-2-1-5-59(61)9-10-60-6-3-4-8-62(60)63/h1-8,63H,11-58H2,(H,67,69). The van der Waals surface area contributed by atoms with Gasteiger partial charge in [0.05, 0.1) is 291 Å². The molecule has 1 unspecified atom stereocenters. The Hall–Kier alpha value is -3.66. The van der Waals surface area contributed by atoms with Gasteiger partial charge in [-0.25, -0.2) is 4.79 Å². The molecule has 0 radical (unpaired) electrons. The number of fused-ring (bicyclic) bond motifs is 2. The van der Waals surface area contributed by atoms with Crippen LogP contribution in [-0.4, -0.2) is 321 Å². The van der Waals surface area contributed by atoms with Gasteiger partial charge in [0.25, 0.3) is 0 Å². The Kier molecular flexibility index (Phi) is 60.1. The smallest absolute Gasteiger partial charge is 0.407 e. The van der Waals surface area contributed by atoms with E-state index in [4.69, 9.17) is 114 Å². The third-order valence-electron chi connectivity index (χ3n) is 12.2. The van der Waals surface area contributed by atoms with Crippen LogP contribution in [-0.2, 0) is 125 Å². The zero-order valence-corrected chi connectivity index (χ0v) is 56.2. The first kappa shape index (κ1) is 83.6. The molecule has 3 rings (SSSR count). The minimum atomic E-state index is -0.502. The molecule has 1 aliphatic rings. The van der Waals surface area contributed by atoms with Crippen LogP contribution in [0, 0.1) is 11.8 Å². The highest BCUT2D eigenvalue weighted by atomic mass is 79.9. The number of carbonyl (C=O) groups excluding carboxylic acids is 2. The summed E-state index contributed by atoms with van der Waals surface area (Å²) in [4.78, 5) is 23.6. The highest BCUT2D eigenvalue weighted by Crippen LogP contribution is 2.28. The van der Waals surface area contributed by atoms with E-state index in [0.717, 1.165) is 22.3 Å². The second-order valence-corrected chi connectivity index (χ2v) is 19.9. The lowest BCUT2D eigenvalue weighted by Gasteiger charge is -2.22. The maximum Gasteiger partial charge on any atom is 0.407 e. The van der Waals surface area contributed by atoms with E-state index in [1.807, 2.05) is 48.5 Å². The van der Waals surface area contributed by atoms with Crippen molar-refractivity contribution in [3.8, 4) is 11.8 Å². The minimum Gasteiger partial charge on any atom is -0.463 e. The van der Waals surface area contributed by atoms with Crippen molar-refractivity contribution >= 4 is 28.0 Å². The molecule has 0 aromatic heterocycles. The maximum absolute atomic E-state index is 12.7. The summed E-state index contributed by atoms with van der Waals surface area (Å²) < 4.78 is 132. The number of ether oxygens (including phenoxy) is 24. The Morgan fingerprint density at radius 2 is 0.559 bits per heavy atom. The van der Waals surface area contributed by atoms with Gasteiger partial charge in [-0.1, -0.05) is 64.2 Å². The predicted molar refractivity (Wildman–Crippen MR) is 343 cm³/mol. The van der Waals surface area contributed by atoms with Gasteiger partial charge in [0, 0.05) is 29.7 Å². The summed E-state index contributed by atoms with van der Waals surface area (Å²) in [5, 5.41) is 2.95. The molecule has 0 spiro atoms. The second kappa shape index (κ2) is 66.9. The minimum absolute atomic E-state index is 0.176. The van der Waals surface area contributed by atoms with Crippen molar-refractivity contribution in [1.82, 2.24) is 5.32 Å². The molecular formula is C65H106BrNO26. The van der Waals surface area contributed by atoms with E-state index in [-0.39, 0.29) is 17.9 Å². The third-order valence-corrected chi connectivity index (χ3v) is 12.7. The molecule has 1 amide bonds. The number of alkyl carbamates (subject to hydrolysis) is 1. The van der Waals surface area contributed by atoms with Crippen molar-refractivity contribution < 1.29 is 123 Å². The number of hydrogen-bond acceptors (Lipinski definition) is 26. The third kappa shape index (κ3) is 54.1. The number of amides is 1. The quantitative estimate of drug-likeness (QED) is 0.0428. The van der Waals surface area contributed by atoms with Crippen molar-refractivity contribution in [2.24, 2.45) is 0 Å². The fraction of sp³-hybridized carbons (Fsp3) is 0.754. The summed E-state index contributed by atoms with van der Waals surface area (Å²) in [6.45, 7) is 20.8. The molecular weight excluding hydrogens is 1290 g/mol. The lowest BCUT2D eigenvalue weighted by Crippen LogP contribution is -2.30. The molecule has 0 bridgehead atoms. The van der Waals surface area contributed by atoms with Crippen LogP contribution in [0.5, 0.6) is 0 Å². The van der Waals surface area contributed by atoms with Gasteiger partial charge in [0.1, 0.15) is 18.0 Å². The normalized spacial score (nSPS) is 12.7. The zero-order valence-electron chi connectivity index (χ0n) is 54.6. The molecule has 0 aliphatic heterocycles. The van der Waals surface area contributed by atoms with Gasteiger partial charge in [-0.05, 0) is 17.7 Å². The van der Waals surface area contributed by atoms with Crippen LogP contribution in [0.15, 0.2) is 48.5 Å². The van der Waals surface area contributed by atoms with Crippen LogP contribution >= 0.6 is 15.9 Å². The van der Waals surface area contributed by atoms with Crippen LogP contribution in [0.2, 0.25) is 0 Å². The van der Waals surface area contributed by atoms with Crippen LogP contribution in [0.25, 0.3) is 0 Å². The monoisotopic (exact) mass is 1400 g/mol. The lowest BCUT2D eigenvalue weighted by molar-refractivity contribution is -0.142. The number of nitrogens with one attached hydrogen (secondary N) is 1. The molecule has 2 aromatic carbocycles. The first-order chi connectivity index (χ1) is 46.2. The van der Waals surface area contributed by atoms with Crippen LogP contribution in [0.4, 0.5) is 4.79 Å². The van der Waals surface area contributed by atoms with Crippen LogP contribution < -0.4 is 5.32 Å². The molecule has 0 heterocycles. The maximum atomic E-state index is 12.7. The van der Waals surface area contributed by atoms with Crippen molar-refractivity contribution in [3.63, 3.8) is 0 Å². The van der Waals surface area contributed by atoms with Crippen molar-refractivity contribution in [2.45, 2.75) is 12.5 Å². The van der Waals surface area contributed by atoms with E-state index in [1.165, 1.54) is 0 Å². The molecule has 1 atom stereocenters. The predicted octanol–water partition coefficient (Wildman–Crippen LogP) is 3.71. The van der Waals surface area contributed by atoms with Gasteiger partial charge in [-0.15, -0.1) is 0 Å². The summed E-state index contributed by atoms with van der Waals surface area (Å²) in [6.07, 6.45) is -0.416. The average molecular weight is 1400 g/mol. The summed E-state index contributed by atoms with van der Waals surface area (Å²) in [5.74, 6) is 6.15. The first-order valence-corrected chi connectivity index (χ1v) is 33.3. The second-order valence-electron chi connectivity index (χ2n) is 19.3. The van der Waals surface area contributed by atoms with E-state index in [2.05, 4.69) is 33.1 Å². The Balaban J connectivity index is 0.865. The number of esters is 1. The Morgan fingerprint density at radius 3 is 0.849 bits per heavy atom. The zero-order chi connectivity index (χ0) is 65.7. The van der Waals surface area contributed by atoms with E-state index >= 15 is 0 Å². The summed E-state index contributed by atoms with van der Waals surface area (Å²) in [7, 11) is 0. The first-order valence-electron chi connectivity index (χ1n) is 32.2. The van der Waals surface area contributed by atoms with E-state index in [9.17, 15) is 9.59 Å². The molecule has 1 aliphatic carbocycles. The number of benzene rings is 2. The van der Waals surface area contributed by atoms with Crippen molar-refractivity contribution in [1.29, 1.82) is 0 Å². The van der Waals surface area contributed by atoms with Gasteiger partial charge in [-0.2, -0.15) is 0 Å². The topological polar surface area (TPSA) is 268 Å². The molecule has 93 heavy (non-hydrogen) atoms. The summed E-state index contributed by atoms with van der Waals surface area (Å²) in [5.41, 5.74) is 3.73. The molecule has 0 fully saturated rings. The number of rotatable bonds is 71. The molecule has 534 valence electrons. The highest BCUT2D eigenvalue weighted by molar-refractivity contribution is 9.09. The van der Waals surface area contributed by atoms with Gasteiger partial charge < -0.3 is 119 Å². The fourth-order valence-corrected chi connectivity index (χ4v) is 7.79. The van der Waals surface area contributed by atoms with Gasteiger partial charge in [0.15, 0.2) is 0 Å². The molecule has 1 N–H and O–H groups in total. The lowest BCUT2D eigenvalue weighted by atomic mass is 9.92. The highest BCUT2D eigenvalue weighted by Gasteiger charge is 2.22. The van der Waals surface area contributed by atoms with Gasteiger partial charge in [0.2, 0.25) is 0 Å². The molecule has 28 heteroatoms. The van der Waals surface area contributed by atoms with Crippen molar-refractivity contribution in [3.05, 3.63) is 70.8 Å². The Labute approximate surface area is 558 Å². The SMILES string of the molecule is O=C(CBr)OCCOCCOCCOCCOCCOCCOCCOCCOCCOCCOCCOCCOCCOCCOCCOCCOCCOCCOCCOCCOCCOCCOCCNC(=O)OC1Cc2ccccc2C#Cc2ccccc21. The Morgan fingerprint density at radius 1 is 0.323 bits per heavy atom. The number of halogens is 1. The number of alkyl halides is 1. The average Bonchev–Trinajstić information content (AvgIpc) is 1.10. The van der Waals surface area contributed by atoms with Gasteiger partial charge in [-0.3, -0.25) is 4.79 Å². The van der Waals surface area contributed by atoms with E-state index in [1.54, 1.807) is 0 Å². The molecule has 27 nitrogen and oxygen atoms in total. The Bertz CT molecular complexity index is 2040. The summed E-state index contributed by atoms with van der Waals surface area (Å²) in [6, 6.07) is 15.7. The van der Waals surface area contributed by atoms with Crippen LogP contribution in [0.3, 0.4) is 0 Å². The molecule has 0 saturated carbocycles. The molecule has 0 saturated heterocycles.